The summed E-state index contributed by atoms with van der Waals surface area (Å²) in [4.78, 5) is 0. The van der Waals surface area contributed by atoms with Crippen LogP contribution in [0.15, 0.2) is 0 Å². The SMILES string of the molecule is CS(=O)OC12CC3CC(CC(C3)C1)C2. The molecule has 1 atom stereocenters. The molecule has 4 aliphatic carbocycles. The van der Waals surface area contributed by atoms with Gasteiger partial charge in [-0.1, -0.05) is 0 Å². The molecule has 1 unspecified atom stereocenters. The first-order valence-electron chi connectivity index (χ1n) is 5.68. The second-order valence-corrected chi connectivity index (χ2v) is 6.55. The molecule has 0 aromatic carbocycles. The molecule has 80 valence electrons. The molecule has 4 aliphatic rings. The normalized spacial score (nSPS) is 52.2. The molecule has 3 heteroatoms. The summed E-state index contributed by atoms with van der Waals surface area (Å²) in [6, 6.07) is 0. The van der Waals surface area contributed by atoms with Crippen molar-refractivity contribution in [3.05, 3.63) is 0 Å². The molecular formula is C11H18O2S. The summed E-state index contributed by atoms with van der Waals surface area (Å²) in [5.74, 6) is 2.64. The van der Waals surface area contributed by atoms with E-state index < -0.39 is 11.1 Å². The Morgan fingerprint density at radius 1 is 1.07 bits per heavy atom. The molecule has 4 saturated carbocycles. The van der Waals surface area contributed by atoms with Gasteiger partial charge in [-0.3, -0.25) is 4.18 Å². The standard InChI is InChI=1S/C11H18O2S/c1-14(12)13-11-5-8-2-9(6-11)4-10(3-8)7-11/h8-10H,2-7H2,1H3. The number of hydrogen-bond donors (Lipinski definition) is 0. The highest BCUT2D eigenvalue weighted by atomic mass is 32.2. The molecule has 2 nitrogen and oxygen atoms in total. The fraction of sp³-hybridized carbons (Fsp3) is 1.00. The van der Waals surface area contributed by atoms with Crippen molar-refractivity contribution in [3.63, 3.8) is 0 Å². The molecule has 0 aliphatic heterocycles. The molecule has 4 rings (SSSR count). The van der Waals surface area contributed by atoms with Crippen molar-refractivity contribution < 1.29 is 8.39 Å². The van der Waals surface area contributed by atoms with Crippen molar-refractivity contribution in [2.45, 2.75) is 44.1 Å². The third-order valence-electron chi connectivity index (χ3n) is 4.28. The molecule has 0 N–H and O–H groups in total. The smallest absolute Gasteiger partial charge is 0.152 e. The lowest BCUT2D eigenvalue weighted by molar-refractivity contribution is -0.101. The van der Waals surface area contributed by atoms with Crippen LogP contribution in [0.25, 0.3) is 0 Å². The highest BCUT2D eigenvalue weighted by Gasteiger charge is 2.52. The lowest BCUT2D eigenvalue weighted by Crippen LogP contribution is -2.52. The molecule has 4 bridgehead atoms. The fourth-order valence-corrected chi connectivity index (χ4v) is 5.08. The van der Waals surface area contributed by atoms with Crippen LogP contribution in [0, 0.1) is 17.8 Å². The van der Waals surface area contributed by atoms with Crippen molar-refractivity contribution in [2.24, 2.45) is 17.8 Å². The van der Waals surface area contributed by atoms with Gasteiger partial charge in [0.1, 0.15) is 0 Å². The predicted octanol–water partition coefficient (Wildman–Crippen LogP) is 2.27. The predicted molar refractivity (Wildman–Crippen MR) is 56.1 cm³/mol. The van der Waals surface area contributed by atoms with Gasteiger partial charge < -0.3 is 0 Å². The summed E-state index contributed by atoms with van der Waals surface area (Å²) in [5, 5.41) is 0. The average molecular weight is 214 g/mol. The number of hydrogen-bond acceptors (Lipinski definition) is 2. The monoisotopic (exact) mass is 214 g/mol. The Kier molecular flexibility index (Phi) is 2.04. The van der Waals surface area contributed by atoms with E-state index in [1.807, 2.05) is 0 Å². The molecule has 4 fully saturated rings. The largest absolute Gasteiger partial charge is 0.284 e. The van der Waals surface area contributed by atoms with Gasteiger partial charge in [0.05, 0.1) is 5.60 Å². The van der Waals surface area contributed by atoms with Gasteiger partial charge in [0, 0.05) is 6.26 Å². The topological polar surface area (TPSA) is 26.3 Å². The van der Waals surface area contributed by atoms with E-state index in [1.54, 1.807) is 6.26 Å². The van der Waals surface area contributed by atoms with E-state index in [9.17, 15) is 4.21 Å². The van der Waals surface area contributed by atoms with Crippen LogP contribution in [0.5, 0.6) is 0 Å². The summed E-state index contributed by atoms with van der Waals surface area (Å²) < 4.78 is 16.9. The minimum absolute atomic E-state index is 0.0222. The summed E-state index contributed by atoms with van der Waals surface area (Å²) >= 11 is -1.08. The summed E-state index contributed by atoms with van der Waals surface area (Å²) in [5.41, 5.74) is 0.0222. The van der Waals surface area contributed by atoms with Crippen LogP contribution >= 0.6 is 0 Å². The molecule has 0 aromatic heterocycles. The van der Waals surface area contributed by atoms with Crippen molar-refractivity contribution in [1.82, 2.24) is 0 Å². The molecule has 0 amide bonds. The first-order valence-corrected chi connectivity index (χ1v) is 7.16. The Bertz CT molecular complexity index is 239. The molecule has 0 aromatic rings. The van der Waals surface area contributed by atoms with E-state index in [2.05, 4.69) is 0 Å². The summed E-state index contributed by atoms with van der Waals surface area (Å²) in [6.07, 6.45) is 9.45. The van der Waals surface area contributed by atoms with Gasteiger partial charge >= 0.3 is 0 Å². The van der Waals surface area contributed by atoms with Crippen LogP contribution in [0.3, 0.4) is 0 Å². The van der Waals surface area contributed by atoms with E-state index in [4.69, 9.17) is 4.18 Å². The summed E-state index contributed by atoms with van der Waals surface area (Å²) in [6.45, 7) is 0. The second-order valence-electron chi connectivity index (χ2n) is 5.59. The van der Waals surface area contributed by atoms with Crippen molar-refractivity contribution >= 4 is 11.1 Å². The lowest BCUT2D eigenvalue weighted by atomic mass is 9.54. The van der Waals surface area contributed by atoms with Gasteiger partial charge in [-0.25, -0.2) is 4.21 Å². The van der Waals surface area contributed by atoms with Gasteiger partial charge in [0.25, 0.3) is 0 Å². The van der Waals surface area contributed by atoms with E-state index in [0.717, 1.165) is 17.8 Å². The fourth-order valence-electron chi connectivity index (χ4n) is 4.38. The minimum atomic E-state index is -1.08. The molecule has 14 heavy (non-hydrogen) atoms. The third-order valence-corrected chi connectivity index (χ3v) is 4.86. The molecule has 0 saturated heterocycles. The van der Waals surface area contributed by atoms with E-state index in [0.29, 0.717) is 0 Å². The zero-order chi connectivity index (χ0) is 9.76. The Labute approximate surface area is 88.1 Å². The second kappa shape index (κ2) is 3.05. The van der Waals surface area contributed by atoms with Gasteiger partial charge in [-0.15, -0.1) is 0 Å². The summed E-state index contributed by atoms with van der Waals surface area (Å²) in [7, 11) is 0. The van der Waals surface area contributed by atoms with E-state index in [-0.39, 0.29) is 5.60 Å². The Morgan fingerprint density at radius 3 is 1.86 bits per heavy atom. The van der Waals surface area contributed by atoms with E-state index >= 15 is 0 Å². The quantitative estimate of drug-likeness (QED) is 0.705. The maximum absolute atomic E-state index is 11.2. The van der Waals surface area contributed by atoms with E-state index in [1.165, 1.54) is 38.5 Å². The molecular weight excluding hydrogens is 196 g/mol. The highest BCUT2D eigenvalue weighted by Crippen LogP contribution is 2.57. The Hall–Kier alpha value is 0.110. The van der Waals surface area contributed by atoms with Gasteiger partial charge in [-0.05, 0) is 56.3 Å². The zero-order valence-corrected chi connectivity index (χ0v) is 9.52. The first-order chi connectivity index (χ1) is 6.65. The maximum atomic E-state index is 11.2. The van der Waals surface area contributed by atoms with Crippen molar-refractivity contribution in [3.8, 4) is 0 Å². The van der Waals surface area contributed by atoms with Crippen LogP contribution < -0.4 is 0 Å². The molecule has 0 radical (unpaired) electrons. The Morgan fingerprint density at radius 2 is 1.50 bits per heavy atom. The first kappa shape index (κ1) is 9.34. The number of rotatable bonds is 2. The van der Waals surface area contributed by atoms with Gasteiger partial charge in [-0.2, -0.15) is 0 Å². The van der Waals surface area contributed by atoms with Gasteiger partial charge in [0.15, 0.2) is 11.1 Å². The van der Waals surface area contributed by atoms with Crippen LogP contribution in [0.1, 0.15) is 38.5 Å². The molecule has 0 heterocycles. The lowest BCUT2D eigenvalue weighted by Gasteiger charge is -2.55. The molecule has 0 spiro atoms. The Balaban J connectivity index is 1.83. The van der Waals surface area contributed by atoms with Crippen LogP contribution in [-0.4, -0.2) is 16.1 Å². The van der Waals surface area contributed by atoms with Crippen LogP contribution in [0.4, 0.5) is 0 Å². The third kappa shape index (κ3) is 1.45. The average Bonchev–Trinajstić information content (AvgIpc) is 1.96. The highest BCUT2D eigenvalue weighted by molar-refractivity contribution is 7.79. The van der Waals surface area contributed by atoms with Gasteiger partial charge in [0.2, 0.25) is 0 Å². The van der Waals surface area contributed by atoms with Crippen molar-refractivity contribution in [2.75, 3.05) is 6.26 Å². The zero-order valence-electron chi connectivity index (χ0n) is 8.70. The maximum Gasteiger partial charge on any atom is 0.152 e. The van der Waals surface area contributed by atoms with Crippen LogP contribution in [0.2, 0.25) is 0 Å². The van der Waals surface area contributed by atoms with Crippen molar-refractivity contribution in [1.29, 1.82) is 0 Å². The minimum Gasteiger partial charge on any atom is -0.284 e. The van der Waals surface area contributed by atoms with Crippen LogP contribution in [-0.2, 0) is 15.3 Å².